The van der Waals surface area contributed by atoms with Gasteiger partial charge in [-0.25, -0.2) is 0 Å². The van der Waals surface area contributed by atoms with Gasteiger partial charge in [-0.1, -0.05) is 13.8 Å². The van der Waals surface area contributed by atoms with Crippen molar-refractivity contribution in [2.45, 2.75) is 39.5 Å². The van der Waals surface area contributed by atoms with Gasteiger partial charge in [0.25, 0.3) is 0 Å². The van der Waals surface area contributed by atoms with E-state index in [-0.39, 0.29) is 18.2 Å². The van der Waals surface area contributed by atoms with E-state index in [0.29, 0.717) is 12.3 Å². The highest BCUT2D eigenvalue weighted by molar-refractivity contribution is 5.96. The van der Waals surface area contributed by atoms with E-state index in [1.165, 1.54) is 12.8 Å². The number of ketones is 1. The molecule has 0 atom stereocenters. The Hall–Kier alpha value is -1.06. The number of nitrogens with zero attached hydrogens (tertiary/aromatic N) is 1. The highest BCUT2D eigenvalue weighted by Crippen LogP contribution is 2.15. The fraction of sp³-hybridized carbons (Fsp3) is 0.611. The van der Waals surface area contributed by atoms with Crippen LogP contribution in [0.4, 0.5) is 0 Å². The van der Waals surface area contributed by atoms with Gasteiger partial charge in [-0.3, -0.25) is 4.79 Å². The molecule has 0 aliphatic carbocycles. The molecular formula is C18H28ClNO2. The van der Waals surface area contributed by atoms with Crippen molar-refractivity contribution in [1.82, 2.24) is 4.90 Å². The third-order valence-corrected chi connectivity index (χ3v) is 3.99. The number of hydrogen-bond donors (Lipinski definition) is 0. The molecule has 1 aromatic carbocycles. The quantitative estimate of drug-likeness (QED) is 0.671. The molecule has 0 bridgehead atoms. The van der Waals surface area contributed by atoms with E-state index < -0.39 is 0 Å². The Morgan fingerprint density at radius 3 is 2.41 bits per heavy atom. The Morgan fingerprint density at radius 2 is 1.82 bits per heavy atom. The van der Waals surface area contributed by atoms with Crippen LogP contribution in [0.1, 0.15) is 49.9 Å². The molecule has 0 spiro atoms. The number of benzene rings is 1. The second kappa shape index (κ2) is 9.86. The smallest absolute Gasteiger partial charge is 0.164 e. The van der Waals surface area contributed by atoms with Gasteiger partial charge in [-0.15, -0.1) is 12.4 Å². The van der Waals surface area contributed by atoms with Crippen LogP contribution in [0.2, 0.25) is 0 Å². The van der Waals surface area contributed by atoms with Crippen LogP contribution in [0, 0.1) is 5.92 Å². The van der Waals surface area contributed by atoms with Crippen molar-refractivity contribution >= 4 is 18.2 Å². The van der Waals surface area contributed by atoms with Crippen LogP contribution in [0.15, 0.2) is 24.3 Å². The third kappa shape index (κ3) is 6.37. The fourth-order valence-electron chi connectivity index (χ4n) is 2.56. The van der Waals surface area contributed by atoms with E-state index in [2.05, 4.69) is 18.7 Å². The molecule has 0 N–H and O–H groups in total. The lowest BCUT2D eigenvalue weighted by atomic mass is 10.1. The minimum absolute atomic E-state index is 0. The molecular weight excluding hydrogens is 298 g/mol. The second-order valence-corrected chi connectivity index (χ2v) is 6.28. The topological polar surface area (TPSA) is 29.5 Å². The number of carbonyl (C=O) groups is 1. The molecule has 0 aromatic heterocycles. The summed E-state index contributed by atoms with van der Waals surface area (Å²) in [7, 11) is 0. The lowest BCUT2D eigenvalue weighted by Crippen LogP contribution is -2.22. The number of hydrogen-bond acceptors (Lipinski definition) is 3. The van der Waals surface area contributed by atoms with Gasteiger partial charge >= 0.3 is 0 Å². The molecule has 0 amide bonds. The minimum atomic E-state index is 0. The van der Waals surface area contributed by atoms with E-state index in [1.54, 1.807) is 0 Å². The molecule has 0 radical (unpaired) electrons. The molecule has 22 heavy (non-hydrogen) atoms. The zero-order valence-electron chi connectivity index (χ0n) is 13.7. The molecule has 2 rings (SSSR count). The predicted molar refractivity (Wildman–Crippen MR) is 93.3 cm³/mol. The first-order valence-corrected chi connectivity index (χ1v) is 8.13. The lowest BCUT2D eigenvalue weighted by Gasteiger charge is -2.13. The maximum Gasteiger partial charge on any atom is 0.164 e. The summed E-state index contributed by atoms with van der Waals surface area (Å²) in [6.45, 7) is 8.30. The van der Waals surface area contributed by atoms with E-state index in [0.717, 1.165) is 44.0 Å². The molecule has 1 aromatic rings. The average Bonchev–Trinajstić information content (AvgIpc) is 2.98. The van der Waals surface area contributed by atoms with E-state index in [4.69, 9.17) is 4.74 Å². The van der Waals surface area contributed by atoms with Gasteiger partial charge in [0, 0.05) is 18.5 Å². The van der Waals surface area contributed by atoms with Gasteiger partial charge < -0.3 is 9.64 Å². The van der Waals surface area contributed by atoms with Crippen molar-refractivity contribution in [2.75, 3.05) is 26.2 Å². The van der Waals surface area contributed by atoms with Gasteiger partial charge in [0.2, 0.25) is 0 Å². The van der Waals surface area contributed by atoms with E-state index in [1.807, 2.05) is 24.3 Å². The van der Waals surface area contributed by atoms with Crippen molar-refractivity contribution < 1.29 is 9.53 Å². The zero-order chi connectivity index (χ0) is 15.1. The first-order chi connectivity index (χ1) is 10.1. The van der Waals surface area contributed by atoms with Crippen LogP contribution in [0.25, 0.3) is 0 Å². The van der Waals surface area contributed by atoms with Gasteiger partial charge in [0.15, 0.2) is 5.78 Å². The monoisotopic (exact) mass is 325 g/mol. The van der Waals surface area contributed by atoms with Crippen molar-refractivity contribution in [2.24, 2.45) is 5.92 Å². The summed E-state index contributed by atoms with van der Waals surface area (Å²) >= 11 is 0. The molecule has 0 unspecified atom stereocenters. The van der Waals surface area contributed by atoms with Crippen LogP contribution in [0.3, 0.4) is 0 Å². The summed E-state index contributed by atoms with van der Waals surface area (Å²) in [5.41, 5.74) is 0.797. The number of ether oxygens (including phenoxy) is 1. The van der Waals surface area contributed by atoms with Crippen LogP contribution in [-0.4, -0.2) is 36.9 Å². The predicted octanol–water partition coefficient (Wildman–Crippen LogP) is 4.20. The van der Waals surface area contributed by atoms with Gasteiger partial charge in [0.05, 0.1) is 6.61 Å². The average molecular weight is 326 g/mol. The fourth-order valence-corrected chi connectivity index (χ4v) is 2.56. The maximum absolute atomic E-state index is 12.1. The van der Waals surface area contributed by atoms with E-state index >= 15 is 0 Å². The van der Waals surface area contributed by atoms with Crippen molar-refractivity contribution in [3.63, 3.8) is 0 Å². The molecule has 0 saturated carbocycles. The second-order valence-electron chi connectivity index (χ2n) is 6.28. The summed E-state index contributed by atoms with van der Waals surface area (Å²) < 4.78 is 5.67. The number of carbonyl (C=O) groups excluding carboxylic acids is 1. The van der Waals surface area contributed by atoms with Crippen molar-refractivity contribution in [3.8, 4) is 5.75 Å². The lowest BCUT2D eigenvalue weighted by molar-refractivity contribution is 0.0969. The summed E-state index contributed by atoms with van der Waals surface area (Å²) in [6, 6.07) is 7.58. The Morgan fingerprint density at radius 1 is 1.18 bits per heavy atom. The Labute approximate surface area is 140 Å². The molecule has 124 valence electrons. The highest BCUT2D eigenvalue weighted by atomic mass is 35.5. The van der Waals surface area contributed by atoms with Crippen LogP contribution < -0.4 is 4.74 Å². The molecule has 3 nitrogen and oxygen atoms in total. The highest BCUT2D eigenvalue weighted by Gasteiger charge is 2.13. The first-order valence-electron chi connectivity index (χ1n) is 8.13. The summed E-state index contributed by atoms with van der Waals surface area (Å²) in [5, 5.41) is 0. The van der Waals surface area contributed by atoms with Crippen LogP contribution in [-0.2, 0) is 0 Å². The van der Waals surface area contributed by atoms with Crippen molar-refractivity contribution in [3.05, 3.63) is 29.8 Å². The maximum atomic E-state index is 12.1. The Kier molecular flexibility index (Phi) is 8.51. The number of Topliss-reactive ketones (excluding diaryl/α,β-unsaturated/α-hetero) is 1. The molecule has 1 aliphatic heterocycles. The number of likely N-dealkylation sites (tertiary alicyclic amines) is 1. The van der Waals surface area contributed by atoms with Gasteiger partial charge in [0.1, 0.15) is 5.75 Å². The SMILES string of the molecule is CC(C)CCOc1ccc(C(=O)CCN2CCCC2)cc1.Cl. The van der Waals surface area contributed by atoms with Crippen LogP contribution >= 0.6 is 12.4 Å². The largest absolute Gasteiger partial charge is 0.494 e. The number of rotatable bonds is 8. The van der Waals surface area contributed by atoms with Crippen LogP contribution in [0.5, 0.6) is 5.75 Å². The zero-order valence-corrected chi connectivity index (χ0v) is 14.5. The minimum Gasteiger partial charge on any atom is -0.494 e. The summed E-state index contributed by atoms with van der Waals surface area (Å²) in [4.78, 5) is 14.5. The summed E-state index contributed by atoms with van der Waals surface area (Å²) in [5.74, 6) is 1.74. The molecule has 4 heteroatoms. The standard InChI is InChI=1S/C18H27NO2.ClH/c1-15(2)10-14-21-17-7-5-16(6-8-17)18(20)9-13-19-11-3-4-12-19;/h5-8,15H,3-4,9-14H2,1-2H3;1H. The van der Waals surface area contributed by atoms with E-state index in [9.17, 15) is 4.79 Å². The first kappa shape index (κ1) is 19.0. The van der Waals surface area contributed by atoms with Gasteiger partial charge in [-0.2, -0.15) is 0 Å². The Balaban J connectivity index is 0.00000242. The van der Waals surface area contributed by atoms with Crippen molar-refractivity contribution in [1.29, 1.82) is 0 Å². The third-order valence-electron chi connectivity index (χ3n) is 3.99. The molecule has 1 saturated heterocycles. The molecule has 1 fully saturated rings. The molecule has 1 heterocycles. The summed E-state index contributed by atoms with van der Waals surface area (Å²) in [6.07, 6.45) is 4.22. The number of halogens is 1. The Bertz CT molecular complexity index is 439. The normalized spacial score (nSPS) is 14.9. The van der Waals surface area contributed by atoms with Gasteiger partial charge in [-0.05, 0) is 62.5 Å². The molecule has 1 aliphatic rings.